The summed E-state index contributed by atoms with van der Waals surface area (Å²) in [6.07, 6.45) is 4.01. The zero-order valence-electron chi connectivity index (χ0n) is 11.1. The lowest BCUT2D eigenvalue weighted by Gasteiger charge is -2.24. The number of fused-ring (bicyclic) bond motifs is 1. The van der Waals surface area contributed by atoms with Gasteiger partial charge in [-0.2, -0.15) is 27.5 Å². The summed E-state index contributed by atoms with van der Waals surface area (Å²) in [4.78, 5) is -0.129. The number of benzene rings is 1. The molecular formula is C13H6BrN3O4S2-2. The Balaban J connectivity index is 2.16. The summed E-state index contributed by atoms with van der Waals surface area (Å²) in [5.41, 5.74) is 0.0930. The molecule has 1 aromatic carbocycles. The minimum atomic E-state index is -4.16. The third-order valence-corrected chi connectivity index (χ3v) is 5.28. The van der Waals surface area contributed by atoms with Crippen LogP contribution in [0.25, 0.3) is 11.0 Å². The van der Waals surface area contributed by atoms with Crippen LogP contribution >= 0.6 is 27.7 Å². The van der Waals surface area contributed by atoms with Crippen LogP contribution in [0.15, 0.2) is 61.7 Å². The smallest absolute Gasteiger partial charge is 0.285 e. The van der Waals surface area contributed by atoms with Gasteiger partial charge in [0.25, 0.3) is 10.0 Å². The molecule has 2 aromatic rings. The molecule has 0 bridgehead atoms. The monoisotopic (exact) mass is 411 g/mol. The van der Waals surface area contributed by atoms with Gasteiger partial charge in [0.2, 0.25) is 0 Å². The van der Waals surface area contributed by atoms with Crippen molar-refractivity contribution in [3.8, 4) is 0 Å². The fourth-order valence-electron chi connectivity index (χ4n) is 1.92. The summed E-state index contributed by atoms with van der Waals surface area (Å²) in [5.74, 6) is -1.52. The highest BCUT2D eigenvalue weighted by atomic mass is 79.9. The quantitative estimate of drug-likeness (QED) is 0.667. The van der Waals surface area contributed by atoms with Gasteiger partial charge in [-0.15, -0.1) is 0 Å². The van der Waals surface area contributed by atoms with E-state index < -0.39 is 16.0 Å². The van der Waals surface area contributed by atoms with E-state index >= 15 is 0 Å². The van der Waals surface area contributed by atoms with Crippen LogP contribution in [0.4, 0.5) is 0 Å². The third kappa shape index (κ3) is 3.05. The predicted octanol–water partition coefficient (Wildman–Crippen LogP) is 0.602. The minimum Gasteiger partial charge on any atom is -0.883 e. The van der Waals surface area contributed by atoms with Gasteiger partial charge < -0.3 is 10.2 Å². The molecule has 0 saturated carbocycles. The van der Waals surface area contributed by atoms with Crippen molar-refractivity contribution in [2.75, 3.05) is 0 Å². The van der Waals surface area contributed by atoms with E-state index in [2.05, 4.69) is 29.1 Å². The molecule has 0 radical (unpaired) electrons. The Morgan fingerprint density at radius 3 is 2.74 bits per heavy atom. The second-order valence-corrected chi connectivity index (χ2v) is 7.42. The lowest BCUT2D eigenvalue weighted by Crippen LogP contribution is -2.24. The average molecular weight is 412 g/mol. The van der Waals surface area contributed by atoms with Gasteiger partial charge in [0, 0.05) is 4.48 Å². The van der Waals surface area contributed by atoms with E-state index in [-0.39, 0.29) is 21.7 Å². The van der Waals surface area contributed by atoms with Crippen molar-refractivity contribution >= 4 is 54.4 Å². The molecule has 0 unspecified atom stereocenters. The maximum absolute atomic E-state index is 12.5. The van der Waals surface area contributed by atoms with Crippen molar-refractivity contribution in [2.45, 2.75) is 4.90 Å². The van der Waals surface area contributed by atoms with Crippen molar-refractivity contribution in [3.05, 3.63) is 52.4 Å². The van der Waals surface area contributed by atoms with Crippen molar-refractivity contribution < 1.29 is 18.6 Å². The maximum Gasteiger partial charge on any atom is 0.285 e. The Labute approximate surface area is 143 Å². The van der Waals surface area contributed by atoms with Crippen molar-refractivity contribution in [1.82, 2.24) is 8.75 Å². The van der Waals surface area contributed by atoms with E-state index in [1.54, 1.807) is 6.07 Å². The van der Waals surface area contributed by atoms with Crippen LogP contribution in [-0.4, -0.2) is 22.9 Å². The Morgan fingerprint density at radius 2 is 2.00 bits per heavy atom. The average Bonchev–Trinajstić information content (AvgIpc) is 2.96. The van der Waals surface area contributed by atoms with E-state index in [1.807, 2.05) is 0 Å². The fraction of sp³-hybridized carbons (Fsp3) is 0. The molecule has 0 amide bonds. The lowest BCUT2D eigenvalue weighted by atomic mass is 10.1. The van der Waals surface area contributed by atoms with E-state index in [1.165, 1.54) is 30.4 Å². The van der Waals surface area contributed by atoms with Gasteiger partial charge >= 0.3 is 0 Å². The molecule has 0 saturated heterocycles. The van der Waals surface area contributed by atoms with Gasteiger partial charge in [-0.25, -0.2) is 0 Å². The molecule has 1 aromatic heterocycles. The molecule has 0 spiro atoms. The van der Waals surface area contributed by atoms with Crippen molar-refractivity contribution in [1.29, 1.82) is 0 Å². The standard InChI is InChI=1S/C13H8BrN3O4S2/c14-7-4-5-9(8(6-7)13(18)19)17-23(20,21)11-3-1-2-10-12(11)16-22-15-10/h1-6,18-19H/p-2. The number of aromatic nitrogens is 2. The number of hydrogen-bond donors (Lipinski definition) is 0. The first kappa shape index (κ1) is 15.8. The van der Waals surface area contributed by atoms with Crippen LogP contribution in [0.5, 0.6) is 0 Å². The topological polar surface area (TPSA) is 118 Å². The molecule has 10 heteroatoms. The Morgan fingerprint density at radius 1 is 1.22 bits per heavy atom. The zero-order chi connectivity index (χ0) is 16.6. The summed E-state index contributed by atoms with van der Waals surface area (Å²) >= 11 is 4.00. The summed E-state index contributed by atoms with van der Waals surface area (Å²) in [6.45, 7) is 0. The second kappa shape index (κ2) is 5.87. The molecule has 1 aliphatic carbocycles. The molecule has 7 nitrogen and oxygen atoms in total. The number of rotatable bonds is 2. The minimum absolute atomic E-state index is 0.129. The van der Waals surface area contributed by atoms with Crippen molar-refractivity contribution in [2.24, 2.45) is 4.40 Å². The molecule has 0 aliphatic heterocycles. The largest absolute Gasteiger partial charge is 0.883 e. The number of sulfonamides is 1. The molecule has 1 heterocycles. The van der Waals surface area contributed by atoms with Gasteiger partial charge in [0.1, 0.15) is 15.9 Å². The molecular weight excluding hydrogens is 406 g/mol. The first-order chi connectivity index (χ1) is 10.9. The number of halogens is 1. The number of hydrogen-bond acceptors (Lipinski definition) is 7. The van der Waals surface area contributed by atoms with Crippen LogP contribution in [0.2, 0.25) is 0 Å². The molecule has 1 aliphatic rings. The molecule has 0 atom stereocenters. The molecule has 0 fully saturated rings. The van der Waals surface area contributed by atoms with E-state index in [0.717, 1.165) is 11.7 Å². The molecule has 0 N–H and O–H groups in total. The molecule has 118 valence electrons. The zero-order valence-corrected chi connectivity index (χ0v) is 14.4. The summed E-state index contributed by atoms with van der Waals surface area (Å²) in [5, 5.41) is 22.3. The Kier molecular flexibility index (Phi) is 4.04. The van der Waals surface area contributed by atoms with Crippen molar-refractivity contribution in [3.63, 3.8) is 0 Å². The van der Waals surface area contributed by atoms with Gasteiger partial charge in [-0.3, -0.25) is 0 Å². The van der Waals surface area contributed by atoms with Crippen LogP contribution in [0.3, 0.4) is 0 Å². The molecule has 3 rings (SSSR count). The SMILES string of the molecule is O=S(=O)(N=C1C=CC(Br)=CC1=C([O-])[O-])c1cccc2nsnc12. The Bertz CT molecular complexity index is 1010. The van der Waals surface area contributed by atoms with Crippen LogP contribution in [0, 0.1) is 0 Å². The molecule has 23 heavy (non-hydrogen) atoms. The van der Waals surface area contributed by atoms with E-state index in [4.69, 9.17) is 0 Å². The first-order valence-electron chi connectivity index (χ1n) is 6.09. The normalized spacial score (nSPS) is 16.8. The maximum atomic E-state index is 12.5. The summed E-state index contributed by atoms with van der Waals surface area (Å²) < 4.78 is 37.1. The Hall–Kier alpha value is -2.04. The predicted molar refractivity (Wildman–Crippen MR) is 85.2 cm³/mol. The highest BCUT2D eigenvalue weighted by Gasteiger charge is 2.20. The van der Waals surface area contributed by atoms with Crippen LogP contribution in [0.1, 0.15) is 0 Å². The number of allylic oxidation sites excluding steroid dienone is 5. The fourth-order valence-corrected chi connectivity index (χ4v) is 4.05. The number of nitrogens with zero attached hydrogens (tertiary/aromatic N) is 3. The van der Waals surface area contributed by atoms with E-state index in [0.29, 0.717) is 10.00 Å². The third-order valence-electron chi connectivity index (χ3n) is 2.92. The van der Waals surface area contributed by atoms with Crippen LogP contribution in [-0.2, 0) is 10.0 Å². The van der Waals surface area contributed by atoms with Gasteiger partial charge in [-0.05, 0) is 35.9 Å². The van der Waals surface area contributed by atoms with Crippen LogP contribution < -0.4 is 10.2 Å². The van der Waals surface area contributed by atoms with Gasteiger partial charge in [-0.1, -0.05) is 22.0 Å². The summed E-state index contributed by atoms with van der Waals surface area (Å²) in [6, 6.07) is 4.50. The summed E-state index contributed by atoms with van der Waals surface area (Å²) in [7, 11) is -4.16. The van der Waals surface area contributed by atoms with E-state index in [9.17, 15) is 18.6 Å². The lowest BCUT2D eigenvalue weighted by molar-refractivity contribution is -0.513. The van der Waals surface area contributed by atoms with Gasteiger partial charge in [0.05, 0.1) is 17.4 Å². The first-order valence-corrected chi connectivity index (χ1v) is 9.05. The second-order valence-electron chi connectivity index (χ2n) is 4.40. The highest BCUT2D eigenvalue weighted by Crippen LogP contribution is 2.25. The highest BCUT2D eigenvalue weighted by molar-refractivity contribution is 9.11. The van der Waals surface area contributed by atoms with Gasteiger partial charge in [0.15, 0.2) is 0 Å².